The number of halogens is 2. The van der Waals surface area contributed by atoms with E-state index in [4.69, 9.17) is 38.3 Å². The van der Waals surface area contributed by atoms with Crippen molar-refractivity contribution >= 4 is 46.8 Å². The number of nitrogens with zero attached hydrogens (tertiary/aromatic N) is 5. The molecule has 10 nitrogen and oxygen atoms in total. The van der Waals surface area contributed by atoms with E-state index in [0.29, 0.717) is 5.69 Å². The molecule has 23 heavy (non-hydrogen) atoms. The molecule has 2 heterocycles. The summed E-state index contributed by atoms with van der Waals surface area (Å²) in [5, 5.41) is 7.44. The summed E-state index contributed by atoms with van der Waals surface area (Å²) in [6.07, 6.45) is 0. The standard InChI is InChI=1S/C11H6Cl2N6O4/c12-5-2-1-3-6(13)7(5)16-10-15-4-11(17-18-14)19(10)23-9(21)8(20)22-11/h1-3H,4H2,(H,15,16). The van der Waals surface area contributed by atoms with Gasteiger partial charge in [0.05, 0.1) is 15.7 Å². The van der Waals surface area contributed by atoms with Gasteiger partial charge in [-0.1, -0.05) is 29.3 Å². The minimum absolute atomic E-state index is 0.0618. The number of carbonyl (C=O) groups excluding carboxylic acids is 2. The first-order valence-electron chi connectivity index (χ1n) is 6.04. The highest BCUT2D eigenvalue weighted by molar-refractivity contribution is 6.39. The summed E-state index contributed by atoms with van der Waals surface area (Å²) < 4.78 is 4.85. The van der Waals surface area contributed by atoms with Crippen LogP contribution >= 0.6 is 23.2 Å². The average molecular weight is 357 g/mol. The van der Waals surface area contributed by atoms with Gasteiger partial charge in [0.2, 0.25) is 5.96 Å². The first kappa shape index (κ1) is 15.2. The van der Waals surface area contributed by atoms with Gasteiger partial charge in [0.25, 0.3) is 0 Å². The van der Waals surface area contributed by atoms with Crippen LogP contribution in [0.1, 0.15) is 0 Å². The minimum atomic E-state index is -1.92. The largest absolute Gasteiger partial charge is 0.441 e. The van der Waals surface area contributed by atoms with Crippen LogP contribution in [-0.2, 0) is 19.2 Å². The quantitative estimate of drug-likeness (QED) is 0.284. The lowest BCUT2D eigenvalue weighted by Gasteiger charge is -2.35. The molecule has 2 aliphatic rings. The van der Waals surface area contributed by atoms with Gasteiger partial charge in [-0.25, -0.2) is 14.6 Å². The normalized spacial score (nSPS) is 22.5. The Morgan fingerprint density at radius 1 is 1.35 bits per heavy atom. The summed E-state index contributed by atoms with van der Waals surface area (Å²) in [4.78, 5) is 34.2. The number of carbonyl (C=O) groups is 2. The lowest BCUT2D eigenvalue weighted by Crippen LogP contribution is -2.58. The van der Waals surface area contributed by atoms with Gasteiger partial charge in [-0.05, 0) is 22.8 Å². The number of benzene rings is 1. The van der Waals surface area contributed by atoms with E-state index < -0.39 is 17.8 Å². The number of hydroxylamine groups is 2. The van der Waals surface area contributed by atoms with Gasteiger partial charge in [0.15, 0.2) is 0 Å². The monoisotopic (exact) mass is 356 g/mol. The topological polar surface area (TPSA) is 129 Å². The maximum Gasteiger partial charge on any atom is 0.441 e. The van der Waals surface area contributed by atoms with Gasteiger partial charge in [0, 0.05) is 4.91 Å². The molecule has 2 aliphatic heterocycles. The molecule has 0 spiro atoms. The maximum atomic E-state index is 11.4. The van der Waals surface area contributed by atoms with E-state index in [-0.39, 0.29) is 22.5 Å². The van der Waals surface area contributed by atoms with Gasteiger partial charge < -0.3 is 14.9 Å². The zero-order valence-electron chi connectivity index (χ0n) is 11.1. The van der Waals surface area contributed by atoms with Crippen LogP contribution in [0.15, 0.2) is 28.3 Å². The maximum absolute atomic E-state index is 11.4. The zero-order chi connectivity index (χ0) is 16.6. The average Bonchev–Trinajstić information content (AvgIpc) is 2.82. The predicted octanol–water partition coefficient (Wildman–Crippen LogP) is 2.06. The third kappa shape index (κ3) is 2.48. The Balaban J connectivity index is 1.95. The predicted molar refractivity (Wildman–Crippen MR) is 78.3 cm³/mol. The molecule has 1 aromatic rings. The number of ether oxygens (including phenoxy) is 1. The molecule has 0 bridgehead atoms. The van der Waals surface area contributed by atoms with Crippen LogP contribution in [0.5, 0.6) is 0 Å². The third-order valence-corrected chi connectivity index (χ3v) is 3.57. The van der Waals surface area contributed by atoms with Crippen LogP contribution in [0.3, 0.4) is 0 Å². The van der Waals surface area contributed by atoms with E-state index in [1.54, 1.807) is 18.2 Å². The van der Waals surface area contributed by atoms with Gasteiger partial charge in [-0.2, -0.15) is 0 Å². The second-order valence-corrected chi connectivity index (χ2v) is 5.17. The third-order valence-electron chi connectivity index (χ3n) is 2.94. The molecule has 0 aliphatic carbocycles. The fraction of sp³-hybridized carbons (Fsp3) is 0.182. The van der Waals surface area contributed by atoms with Gasteiger partial charge >= 0.3 is 17.8 Å². The Morgan fingerprint density at radius 3 is 2.70 bits per heavy atom. The molecule has 1 N–H and O–H groups in total. The molecule has 1 aromatic carbocycles. The zero-order valence-corrected chi connectivity index (χ0v) is 12.6. The summed E-state index contributed by atoms with van der Waals surface area (Å²) in [7, 11) is 0. The molecule has 0 amide bonds. The van der Waals surface area contributed by atoms with Crippen molar-refractivity contribution in [2.24, 2.45) is 10.1 Å². The fourth-order valence-electron chi connectivity index (χ4n) is 1.95. The van der Waals surface area contributed by atoms with E-state index in [9.17, 15) is 9.59 Å². The molecule has 0 saturated carbocycles. The second-order valence-electron chi connectivity index (χ2n) is 4.36. The van der Waals surface area contributed by atoms with E-state index in [1.807, 2.05) is 0 Å². The van der Waals surface area contributed by atoms with Crippen molar-refractivity contribution in [2.45, 2.75) is 5.85 Å². The lowest BCUT2D eigenvalue weighted by molar-refractivity contribution is -0.266. The van der Waals surface area contributed by atoms with Crippen molar-refractivity contribution in [2.75, 3.05) is 11.9 Å². The Kier molecular flexibility index (Phi) is 3.64. The highest BCUT2D eigenvalue weighted by Gasteiger charge is 2.55. The molecule has 1 unspecified atom stereocenters. The van der Waals surface area contributed by atoms with Crippen molar-refractivity contribution in [1.29, 1.82) is 0 Å². The first-order chi connectivity index (χ1) is 11.0. The molecule has 12 heteroatoms. The number of nitrogens with one attached hydrogen (secondary N) is 1. The lowest BCUT2D eigenvalue weighted by atomic mass is 10.3. The minimum Gasteiger partial charge on any atom is -0.418 e. The molecular weight excluding hydrogens is 351 g/mol. The number of fused-ring (bicyclic) bond motifs is 1. The van der Waals surface area contributed by atoms with Crippen LogP contribution in [0.2, 0.25) is 10.0 Å². The number of para-hydroxylation sites is 1. The number of anilines is 1. The summed E-state index contributed by atoms with van der Waals surface area (Å²) in [5.41, 5.74) is 8.95. The van der Waals surface area contributed by atoms with Crippen LogP contribution in [-0.4, -0.2) is 35.4 Å². The molecule has 3 rings (SSSR count). The number of hydrogen-bond acceptors (Lipinski definition) is 8. The van der Waals surface area contributed by atoms with Crippen molar-refractivity contribution < 1.29 is 19.2 Å². The number of rotatable bonds is 2. The Morgan fingerprint density at radius 2 is 2.04 bits per heavy atom. The van der Waals surface area contributed by atoms with Crippen LogP contribution in [0, 0.1) is 0 Å². The number of esters is 1. The molecule has 1 atom stereocenters. The van der Waals surface area contributed by atoms with Crippen molar-refractivity contribution in [3.8, 4) is 0 Å². The van der Waals surface area contributed by atoms with E-state index in [1.165, 1.54) is 0 Å². The summed E-state index contributed by atoms with van der Waals surface area (Å²) >= 11 is 12.1. The number of hydrogen-bond donors (Lipinski definition) is 1. The highest BCUT2D eigenvalue weighted by Crippen LogP contribution is 2.34. The van der Waals surface area contributed by atoms with Crippen LogP contribution in [0.25, 0.3) is 10.4 Å². The van der Waals surface area contributed by atoms with Crippen LogP contribution < -0.4 is 5.32 Å². The molecule has 1 fully saturated rings. The van der Waals surface area contributed by atoms with Gasteiger partial charge in [-0.15, -0.1) is 5.06 Å². The van der Waals surface area contributed by atoms with E-state index in [2.05, 4.69) is 20.3 Å². The number of azide groups is 1. The van der Waals surface area contributed by atoms with E-state index in [0.717, 1.165) is 5.06 Å². The van der Waals surface area contributed by atoms with E-state index >= 15 is 0 Å². The Labute approximate surface area is 138 Å². The summed E-state index contributed by atoms with van der Waals surface area (Å²) in [5.74, 6) is -4.56. The van der Waals surface area contributed by atoms with Crippen molar-refractivity contribution in [3.63, 3.8) is 0 Å². The van der Waals surface area contributed by atoms with Gasteiger partial charge in [0.1, 0.15) is 6.54 Å². The first-order valence-corrected chi connectivity index (χ1v) is 6.80. The molecule has 0 radical (unpaired) electrons. The Hall–Kier alpha value is -2.68. The summed E-state index contributed by atoms with van der Waals surface area (Å²) in [6, 6.07) is 4.79. The molecule has 118 valence electrons. The molecule has 0 aromatic heterocycles. The SMILES string of the molecule is [N-]=[N+]=NC12CN=C(Nc3c(Cl)cccc3Cl)N1OC(=O)C(=O)O2. The highest BCUT2D eigenvalue weighted by atomic mass is 35.5. The fourth-order valence-corrected chi connectivity index (χ4v) is 2.44. The smallest absolute Gasteiger partial charge is 0.418 e. The Bertz CT molecular complexity index is 772. The summed E-state index contributed by atoms with van der Waals surface area (Å²) in [6.45, 7) is -0.277. The van der Waals surface area contributed by atoms with Crippen LogP contribution in [0.4, 0.5) is 5.69 Å². The van der Waals surface area contributed by atoms with Crippen molar-refractivity contribution in [3.05, 3.63) is 38.7 Å². The second kappa shape index (κ2) is 5.51. The molecule has 1 saturated heterocycles. The number of guanidine groups is 1. The molecular formula is C11H6Cl2N6O4. The number of aliphatic imine (C=N–C) groups is 1. The van der Waals surface area contributed by atoms with Crippen molar-refractivity contribution in [1.82, 2.24) is 5.06 Å². The van der Waals surface area contributed by atoms with Gasteiger partial charge in [-0.3, -0.25) is 0 Å².